The monoisotopic (exact) mass is 186 g/mol. The van der Waals surface area contributed by atoms with E-state index in [9.17, 15) is 0 Å². The van der Waals surface area contributed by atoms with Crippen LogP contribution in [0, 0.1) is 0 Å². The summed E-state index contributed by atoms with van der Waals surface area (Å²) in [6.07, 6.45) is 2.43. The lowest BCUT2D eigenvalue weighted by molar-refractivity contribution is 0.152. The Kier molecular flexibility index (Phi) is 6.35. The molecular weight excluding hydrogens is 160 g/mol. The molecule has 0 saturated carbocycles. The quantitative estimate of drug-likeness (QED) is 0.613. The molecule has 0 aliphatic heterocycles. The zero-order valence-electron chi connectivity index (χ0n) is 9.98. The predicted molar refractivity (Wildman–Crippen MR) is 60.2 cm³/mol. The van der Waals surface area contributed by atoms with Gasteiger partial charge >= 0.3 is 0 Å². The molecule has 0 aromatic carbocycles. The van der Waals surface area contributed by atoms with Crippen molar-refractivity contribution in [2.45, 2.75) is 46.1 Å². The summed E-state index contributed by atoms with van der Waals surface area (Å²) in [5.41, 5.74) is 0.341. The molecule has 0 heterocycles. The molecule has 0 aromatic heterocycles. The van der Waals surface area contributed by atoms with Crippen LogP contribution in [0.1, 0.15) is 40.5 Å². The summed E-state index contributed by atoms with van der Waals surface area (Å²) in [5, 5.41) is 3.42. The molecule has 13 heavy (non-hydrogen) atoms. The largest absolute Gasteiger partial charge is 0.315 e. The van der Waals surface area contributed by atoms with Gasteiger partial charge in [0.25, 0.3) is 0 Å². The molecule has 0 radical (unpaired) electrons. The van der Waals surface area contributed by atoms with Crippen LogP contribution >= 0.6 is 0 Å². The Morgan fingerprint density at radius 2 is 1.77 bits per heavy atom. The van der Waals surface area contributed by atoms with Crippen molar-refractivity contribution in [2.75, 3.05) is 26.7 Å². The Labute approximate surface area is 83.7 Å². The van der Waals surface area contributed by atoms with Crippen molar-refractivity contribution in [3.63, 3.8) is 0 Å². The van der Waals surface area contributed by atoms with E-state index in [4.69, 9.17) is 0 Å². The van der Waals surface area contributed by atoms with Crippen molar-refractivity contribution in [2.24, 2.45) is 0 Å². The Hall–Kier alpha value is -0.0800. The van der Waals surface area contributed by atoms with Crippen molar-refractivity contribution < 1.29 is 0 Å². The summed E-state index contributed by atoms with van der Waals surface area (Å²) < 4.78 is 0. The molecule has 0 amide bonds. The highest BCUT2D eigenvalue weighted by Gasteiger charge is 2.19. The second kappa shape index (κ2) is 6.39. The zero-order chi connectivity index (χ0) is 10.3. The summed E-state index contributed by atoms with van der Waals surface area (Å²) in [7, 11) is 2.21. The molecule has 0 aliphatic carbocycles. The van der Waals surface area contributed by atoms with Crippen LogP contribution in [0.5, 0.6) is 0 Å². The highest BCUT2D eigenvalue weighted by molar-refractivity contribution is 4.77. The summed E-state index contributed by atoms with van der Waals surface area (Å²) in [4.78, 5) is 2.43. The molecule has 0 saturated heterocycles. The Balaban J connectivity index is 3.55. The maximum Gasteiger partial charge on any atom is 0.0148 e. The van der Waals surface area contributed by atoms with Crippen molar-refractivity contribution in [1.29, 1.82) is 0 Å². The van der Waals surface area contributed by atoms with Gasteiger partial charge in [0.1, 0.15) is 0 Å². The van der Waals surface area contributed by atoms with Gasteiger partial charge in [-0.05, 0) is 40.3 Å². The maximum absolute atomic E-state index is 3.42. The van der Waals surface area contributed by atoms with Crippen LogP contribution in [0.2, 0.25) is 0 Å². The third-order valence-corrected chi connectivity index (χ3v) is 2.95. The van der Waals surface area contributed by atoms with Crippen LogP contribution in [-0.4, -0.2) is 37.1 Å². The van der Waals surface area contributed by atoms with E-state index in [1.54, 1.807) is 0 Å². The van der Waals surface area contributed by atoms with Gasteiger partial charge in [0, 0.05) is 18.6 Å². The molecule has 2 heteroatoms. The average molecular weight is 186 g/mol. The van der Waals surface area contributed by atoms with Gasteiger partial charge in [-0.2, -0.15) is 0 Å². The van der Waals surface area contributed by atoms with Crippen LogP contribution in [0.4, 0.5) is 0 Å². The maximum atomic E-state index is 3.42. The molecule has 0 rings (SSSR count). The number of hydrogen-bond acceptors (Lipinski definition) is 2. The number of hydrogen-bond donors (Lipinski definition) is 1. The molecule has 0 aliphatic rings. The highest BCUT2D eigenvalue weighted by Crippen LogP contribution is 2.15. The molecule has 0 fully saturated rings. The van der Waals surface area contributed by atoms with Crippen LogP contribution in [0.15, 0.2) is 0 Å². The highest BCUT2D eigenvalue weighted by atomic mass is 15.2. The lowest BCUT2D eigenvalue weighted by Crippen LogP contribution is -2.43. The minimum absolute atomic E-state index is 0.341. The van der Waals surface area contributed by atoms with Gasteiger partial charge in [-0.1, -0.05) is 13.8 Å². The molecule has 0 unspecified atom stereocenters. The Morgan fingerprint density at radius 3 is 2.23 bits per heavy atom. The van der Waals surface area contributed by atoms with Crippen molar-refractivity contribution >= 4 is 0 Å². The third-order valence-electron chi connectivity index (χ3n) is 2.95. The lowest BCUT2D eigenvalue weighted by atomic mass is 10.0. The van der Waals surface area contributed by atoms with Crippen molar-refractivity contribution in [1.82, 2.24) is 10.2 Å². The van der Waals surface area contributed by atoms with E-state index < -0.39 is 0 Å². The van der Waals surface area contributed by atoms with Gasteiger partial charge in [-0.15, -0.1) is 0 Å². The summed E-state index contributed by atoms with van der Waals surface area (Å²) in [6, 6.07) is 0. The third kappa shape index (κ3) is 5.27. The summed E-state index contributed by atoms with van der Waals surface area (Å²) in [5.74, 6) is 0. The van der Waals surface area contributed by atoms with Crippen molar-refractivity contribution in [3.05, 3.63) is 0 Å². The number of rotatable bonds is 7. The van der Waals surface area contributed by atoms with Crippen molar-refractivity contribution in [3.8, 4) is 0 Å². The smallest absolute Gasteiger partial charge is 0.0148 e. The van der Waals surface area contributed by atoms with Gasteiger partial charge < -0.3 is 5.32 Å². The average Bonchev–Trinajstić information content (AvgIpc) is 2.12. The fourth-order valence-electron chi connectivity index (χ4n) is 1.12. The van der Waals surface area contributed by atoms with E-state index in [1.807, 2.05) is 0 Å². The van der Waals surface area contributed by atoms with E-state index in [-0.39, 0.29) is 0 Å². The Bertz CT molecular complexity index is 121. The second-order valence-electron chi connectivity index (χ2n) is 4.34. The molecule has 0 aromatic rings. The zero-order valence-corrected chi connectivity index (χ0v) is 9.98. The molecular formula is C11H26N2. The normalized spacial score (nSPS) is 12.5. The standard InChI is InChI=1S/C11H26N2/c1-6-8-12-9-10-13(5)11(3,4)7-2/h12H,6-10H2,1-5H3. The molecule has 80 valence electrons. The van der Waals surface area contributed by atoms with Crippen LogP contribution in [0.25, 0.3) is 0 Å². The first-order valence-electron chi connectivity index (χ1n) is 5.46. The first kappa shape index (κ1) is 12.9. The first-order chi connectivity index (χ1) is 6.04. The van der Waals surface area contributed by atoms with E-state index in [0.717, 1.165) is 19.6 Å². The predicted octanol–water partition coefficient (Wildman–Crippen LogP) is 2.11. The first-order valence-corrected chi connectivity index (χ1v) is 5.46. The molecule has 0 atom stereocenters. The fourth-order valence-corrected chi connectivity index (χ4v) is 1.12. The minimum atomic E-state index is 0.341. The van der Waals surface area contributed by atoms with Gasteiger partial charge in [0.2, 0.25) is 0 Å². The summed E-state index contributed by atoms with van der Waals surface area (Å²) >= 11 is 0. The van der Waals surface area contributed by atoms with Crippen LogP contribution in [-0.2, 0) is 0 Å². The number of nitrogens with one attached hydrogen (secondary N) is 1. The van der Waals surface area contributed by atoms with Gasteiger partial charge in [-0.3, -0.25) is 4.90 Å². The minimum Gasteiger partial charge on any atom is -0.315 e. The molecule has 2 nitrogen and oxygen atoms in total. The van der Waals surface area contributed by atoms with Crippen LogP contribution in [0.3, 0.4) is 0 Å². The number of nitrogens with zero attached hydrogens (tertiary/aromatic N) is 1. The van der Waals surface area contributed by atoms with E-state index in [1.165, 1.54) is 12.8 Å². The molecule has 0 bridgehead atoms. The van der Waals surface area contributed by atoms with E-state index in [2.05, 4.69) is 45.0 Å². The van der Waals surface area contributed by atoms with Gasteiger partial charge in [0.05, 0.1) is 0 Å². The summed E-state index contributed by atoms with van der Waals surface area (Å²) in [6.45, 7) is 12.4. The van der Waals surface area contributed by atoms with E-state index in [0.29, 0.717) is 5.54 Å². The molecule has 0 spiro atoms. The van der Waals surface area contributed by atoms with E-state index >= 15 is 0 Å². The van der Waals surface area contributed by atoms with Gasteiger partial charge in [-0.25, -0.2) is 0 Å². The fraction of sp³-hybridized carbons (Fsp3) is 1.00. The van der Waals surface area contributed by atoms with Gasteiger partial charge in [0.15, 0.2) is 0 Å². The second-order valence-corrected chi connectivity index (χ2v) is 4.34. The Morgan fingerprint density at radius 1 is 1.15 bits per heavy atom. The van der Waals surface area contributed by atoms with Crippen LogP contribution < -0.4 is 5.32 Å². The molecule has 1 N–H and O–H groups in total. The number of likely N-dealkylation sites (N-methyl/N-ethyl adjacent to an activating group) is 1. The SMILES string of the molecule is CCCNCCN(C)C(C)(C)CC. The lowest BCUT2D eigenvalue weighted by Gasteiger charge is -2.34. The topological polar surface area (TPSA) is 15.3 Å².